The lowest BCUT2D eigenvalue weighted by Gasteiger charge is -2.17. The number of nitrogens with zero attached hydrogens (tertiary/aromatic N) is 1. The first-order valence-corrected chi connectivity index (χ1v) is 9.97. The molecule has 2 amide bonds. The molecule has 4 rings (SSSR count). The number of amides is 2. The van der Waals surface area contributed by atoms with Crippen LogP contribution < -0.4 is 10.2 Å². The maximum absolute atomic E-state index is 13.5. The van der Waals surface area contributed by atoms with Gasteiger partial charge >= 0.3 is 6.18 Å². The first-order valence-electron chi connectivity index (χ1n) is 9.97. The number of nitrogens with one attached hydrogen (secondary N) is 1. The van der Waals surface area contributed by atoms with Crippen LogP contribution in [-0.2, 0) is 15.8 Å². The molecule has 33 heavy (non-hydrogen) atoms. The first kappa shape index (κ1) is 22.3. The monoisotopic (exact) mass is 454 g/mol. The van der Waals surface area contributed by atoms with E-state index >= 15 is 0 Å². The number of carbonyl (C=O) groups excluding carboxylic acids is 2. The van der Waals surface area contributed by atoms with Crippen LogP contribution in [0.3, 0.4) is 0 Å². The molecule has 1 aliphatic heterocycles. The largest absolute Gasteiger partial charge is 0.416 e. The molecule has 0 aliphatic carbocycles. The number of hydrogen-bond donors (Lipinski definition) is 1. The van der Waals surface area contributed by atoms with Crippen LogP contribution in [0.15, 0.2) is 72.4 Å². The zero-order valence-corrected chi connectivity index (χ0v) is 17.6. The Balaban J connectivity index is 1.80. The summed E-state index contributed by atoms with van der Waals surface area (Å²) in [6.45, 7) is 3.75. The van der Waals surface area contributed by atoms with E-state index in [-0.39, 0.29) is 17.0 Å². The number of aryl methyl sites for hydroxylation is 1. The number of rotatable bonds is 4. The molecule has 0 atom stereocenters. The second-order valence-electron chi connectivity index (χ2n) is 7.62. The summed E-state index contributed by atoms with van der Waals surface area (Å²) < 4.78 is 52.3. The number of carbonyl (C=O) groups is 2. The number of alkyl halides is 3. The Hall–Kier alpha value is -3.94. The fourth-order valence-corrected chi connectivity index (χ4v) is 3.59. The number of imide groups is 1. The number of halogens is 4. The predicted octanol–water partition coefficient (Wildman–Crippen LogP) is 5.86. The molecule has 3 aromatic rings. The quantitative estimate of drug-likeness (QED) is 0.397. The molecule has 1 N–H and O–H groups in total. The molecule has 8 heteroatoms. The van der Waals surface area contributed by atoms with Crippen molar-refractivity contribution >= 4 is 28.8 Å². The van der Waals surface area contributed by atoms with Gasteiger partial charge in [-0.25, -0.2) is 9.29 Å². The van der Waals surface area contributed by atoms with Crippen molar-refractivity contribution < 1.29 is 27.2 Å². The van der Waals surface area contributed by atoms with Crippen LogP contribution in [0.4, 0.5) is 28.9 Å². The average molecular weight is 454 g/mol. The van der Waals surface area contributed by atoms with Gasteiger partial charge in [-0.15, -0.1) is 0 Å². The molecule has 0 aromatic heterocycles. The highest BCUT2D eigenvalue weighted by molar-refractivity contribution is 6.46. The highest BCUT2D eigenvalue weighted by Crippen LogP contribution is 2.36. The van der Waals surface area contributed by atoms with Crippen molar-refractivity contribution in [2.24, 2.45) is 0 Å². The second-order valence-corrected chi connectivity index (χ2v) is 7.62. The minimum Gasteiger partial charge on any atom is -0.350 e. The Labute approximate surface area is 187 Å². The van der Waals surface area contributed by atoms with Gasteiger partial charge in [0.2, 0.25) is 0 Å². The Morgan fingerprint density at radius 3 is 2.06 bits per heavy atom. The highest BCUT2D eigenvalue weighted by atomic mass is 19.4. The SMILES string of the molecule is Cc1cccc(NC2=C(c3ccc(F)cc3)C(=O)N(c3ccc(C(F)(F)F)cc3)C2=O)c1C. The number of anilines is 2. The zero-order valence-electron chi connectivity index (χ0n) is 17.6. The van der Waals surface area contributed by atoms with E-state index < -0.39 is 29.4 Å². The molecule has 0 bridgehead atoms. The normalized spacial score (nSPS) is 14.3. The van der Waals surface area contributed by atoms with E-state index in [2.05, 4.69) is 5.32 Å². The smallest absolute Gasteiger partial charge is 0.350 e. The third-order valence-corrected chi connectivity index (χ3v) is 5.53. The Kier molecular flexibility index (Phi) is 5.53. The van der Waals surface area contributed by atoms with Gasteiger partial charge in [-0.2, -0.15) is 13.2 Å². The van der Waals surface area contributed by atoms with E-state index in [1.807, 2.05) is 19.9 Å². The van der Waals surface area contributed by atoms with Crippen molar-refractivity contribution in [2.45, 2.75) is 20.0 Å². The molecule has 0 spiro atoms. The average Bonchev–Trinajstić information content (AvgIpc) is 3.01. The molecular formula is C25H18F4N2O2. The lowest BCUT2D eigenvalue weighted by atomic mass is 10.0. The van der Waals surface area contributed by atoms with Gasteiger partial charge in [0.05, 0.1) is 16.8 Å². The van der Waals surface area contributed by atoms with Crippen molar-refractivity contribution in [1.82, 2.24) is 0 Å². The summed E-state index contributed by atoms with van der Waals surface area (Å²) in [5.74, 6) is -1.96. The third-order valence-electron chi connectivity index (χ3n) is 5.53. The van der Waals surface area contributed by atoms with Crippen LogP contribution in [0.5, 0.6) is 0 Å². The maximum atomic E-state index is 13.5. The molecule has 1 aliphatic rings. The highest BCUT2D eigenvalue weighted by Gasteiger charge is 2.41. The van der Waals surface area contributed by atoms with Crippen molar-refractivity contribution in [1.29, 1.82) is 0 Å². The van der Waals surface area contributed by atoms with Gasteiger partial charge in [-0.05, 0) is 73.0 Å². The minimum absolute atomic E-state index is 0.000744. The van der Waals surface area contributed by atoms with Gasteiger partial charge < -0.3 is 5.32 Å². The van der Waals surface area contributed by atoms with Gasteiger partial charge in [0.25, 0.3) is 11.8 Å². The lowest BCUT2D eigenvalue weighted by Crippen LogP contribution is -2.32. The van der Waals surface area contributed by atoms with Gasteiger partial charge in [0.1, 0.15) is 11.5 Å². The molecule has 0 saturated carbocycles. The molecule has 0 radical (unpaired) electrons. The van der Waals surface area contributed by atoms with Crippen molar-refractivity contribution in [3.8, 4) is 0 Å². The van der Waals surface area contributed by atoms with Crippen LogP contribution in [0, 0.1) is 19.7 Å². The summed E-state index contributed by atoms with van der Waals surface area (Å²) in [4.78, 5) is 27.5. The second kappa shape index (κ2) is 8.20. The lowest BCUT2D eigenvalue weighted by molar-refractivity contribution is -0.137. The van der Waals surface area contributed by atoms with E-state index in [0.29, 0.717) is 11.3 Å². The van der Waals surface area contributed by atoms with E-state index in [1.54, 1.807) is 12.1 Å². The van der Waals surface area contributed by atoms with E-state index in [4.69, 9.17) is 0 Å². The first-order chi connectivity index (χ1) is 15.6. The number of hydrogen-bond acceptors (Lipinski definition) is 3. The van der Waals surface area contributed by atoms with Crippen LogP contribution in [0.2, 0.25) is 0 Å². The molecule has 168 valence electrons. The van der Waals surface area contributed by atoms with Gasteiger partial charge in [0, 0.05) is 5.69 Å². The van der Waals surface area contributed by atoms with Crippen LogP contribution in [0.25, 0.3) is 5.57 Å². The van der Waals surface area contributed by atoms with Crippen LogP contribution >= 0.6 is 0 Å². The van der Waals surface area contributed by atoms with Gasteiger partial charge in [-0.1, -0.05) is 24.3 Å². The Morgan fingerprint density at radius 2 is 1.45 bits per heavy atom. The Bertz CT molecular complexity index is 1280. The van der Waals surface area contributed by atoms with E-state index in [1.165, 1.54) is 12.1 Å². The standard InChI is InChI=1S/C25H18F4N2O2/c1-14-4-3-5-20(15(14)2)30-22-21(16-6-10-18(26)11-7-16)23(32)31(24(22)33)19-12-8-17(9-13-19)25(27,28)29/h3-13,30H,1-2H3. The maximum Gasteiger partial charge on any atom is 0.416 e. The third kappa shape index (κ3) is 4.11. The predicted molar refractivity (Wildman–Crippen MR) is 117 cm³/mol. The number of benzene rings is 3. The molecule has 1 heterocycles. The van der Waals surface area contributed by atoms with E-state index in [9.17, 15) is 27.2 Å². The summed E-state index contributed by atoms with van der Waals surface area (Å²) in [5.41, 5.74) is 1.77. The van der Waals surface area contributed by atoms with Crippen molar-refractivity contribution in [3.63, 3.8) is 0 Å². The summed E-state index contributed by atoms with van der Waals surface area (Å²) in [6, 6.07) is 14.3. The van der Waals surface area contributed by atoms with Crippen LogP contribution in [0.1, 0.15) is 22.3 Å². The molecule has 0 unspecified atom stereocenters. The Morgan fingerprint density at radius 1 is 0.818 bits per heavy atom. The van der Waals surface area contributed by atoms with Gasteiger partial charge in [-0.3, -0.25) is 9.59 Å². The summed E-state index contributed by atoms with van der Waals surface area (Å²) >= 11 is 0. The molecule has 0 fully saturated rings. The van der Waals surface area contributed by atoms with Crippen LogP contribution in [-0.4, -0.2) is 11.8 Å². The molecule has 4 nitrogen and oxygen atoms in total. The summed E-state index contributed by atoms with van der Waals surface area (Å²) in [6.07, 6.45) is -4.55. The van der Waals surface area contributed by atoms with E-state index in [0.717, 1.165) is 52.4 Å². The fourth-order valence-electron chi connectivity index (χ4n) is 3.59. The molecule has 3 aromatic carbocycles. The molecule has 0 saturated heterocycles. The van der Waals surface area contributed by atoms with Gasteiger partial charge in [0.15, 0.2) is 0 Å². The van der Waals surface area contributed by atoms with Crippen molar-refractivity contribution in [2.75, 3.05) is 10.2 Å². The summed E-state index contributed by atoms with van der Waals surface area (Å²) in [5, 5.41) is 3.02. The minimum atomic E-state index is -4.55. The zero-order chi connectivity index (χ0) is 23.9. The van der Waals surface area contributed by atoms with Crippen molar-refractivity contribution in [3.05, 3.63) is 100 Å². The fraction of sp³-hybridized carbons (Fsp3) is 0.120. The molecular weight excluding hydrogens is 436 g/mol. The summed E-state index contributed by atoms with van der Waals surface area (Å²) in [7, 11) is 0. The topological polar surface area (TPSA) is 49.4 Å².